The number of rotatable bonds is 5. The number of carbonyl (C=O) groups excluding carboxylic acids is 1. The van der Waals surface area contributed by atoms with Gasteiger partial charge in [-0.25, -0.2) is 0 Å². The fourth-order valence-corrected chi connectivity index (χ4v) is 2.53. The molecule has 98 valence electrons. The normalized spacial score (nSPS) is 16.5. The summed E-state index contributed by atoms with van der Waals surface area (Å²) in [6.45, 7) is 9.85. The van der Waals surface area contributed by atoms with Crippen molar-refractivity contribution in [2.24, 2.45) is 0 Å². The molecule has 0 atom stereocenters. The number of hydrogen-bond acceptors (Lipinski definition) is 4. The van der Waals surface area contributed by atoms with Gasteiger partial charge in [-0.15, -0.1) is 0 Å². The van der Waals surface area contributed by atoms with E-state index in [-0.39, 0.29) is 5.97 Å². The monoisotopic (exact) mass is 257 g/mol. The van der Waals surface area contributed by atoms with Gasteiger partial charge in [0.2, 0.25) is 8.32 Å². The molecule has 0 fully saturated rings. The first-order valence-corrected chi connectivity index (χ1v) is 9.63. The molecule has 0 saturated carbocycles. The lowest BCUT2D eigenvalue weighted by Crippen LogP contribution is -2.38. The van der Waals surface area contributed by atoms with Crippen molar-refractivity contribution in [3.05, 3.63) is 12.0 Å². The Morgan fingerprint density at radius 3 is 2.76 bits per heavy atom. The zero-order valence-corrected chi connectivity index (χ0v) is 12.3. The Balaban J connectivity index is 2.59. The summed E-state index contributed by atoms with van der Waals surface area (Å²) in [4.78, 5) is 13.5. The molecule has 0 saturated heterocycles. The molecule has 4 nitrogen and oxygen atoms in total. The second-order valence-corrected chi connectivity index (χ2v) is 9.55. The van der Waals surface area contributed by atoms with Gasteiger partial charge in [-0.05, 0) is 45.5 Å². The first kappa shape index (κ1) is 14.1. The van der Waals surface area contributed by atoms with Crippen LogP contribution in [0.5, 0.6) is 0 Å². The Morgan fingerprint density at radius 1 is 1.47 bits per heavy atom. The Kier molecular flexibility index (Phi) is 5.05. The molecule has 0 aliphatic carbocycles. The molecule has 1 heterocycles. The summed E-state index contributed by atoms with van der Waals surface area (Å²) in [5.41, 5.74) is 0. The minimum absolute atomic E-state index is 0.181. The minimum Gasteiger partial charge on any atom is -0.533 e. The molecular formula is C12H23NO3Si. The second-order valence-electron chi connectivity index (χ2n) is 5.13. The molecule has 0 bridgehead atoms. The lowest BCUT2D eigenvalue weighted by atomic mass is 10.2. The third-order valence-electron chi connectivity index (χ3n) is 2.30. The predicted octanol–water partition coefficient (Wildman–Crippen LogP) is 2.34. The van der Waals surface area contributed by atoms with E-state index in [1.54, 1.807) is 0 Å². The molecule has 0 radical (unpaired) electrons. The van der Waals surface area contributed by atoms with E-state index in [1.807, 2.05) is 11.8 Å². The molecule has 0 aromatic heterocycles. The van der Waals surface area contributed by atoms with Crippen LogP contribution in [0.15, 0.2) is 12.0 Å². The van der Waals surface area contributed by atoms with Crippen LogP contribution in [-0.4, -0.2) is 38.9 Å². The van der Waals surface area contributed by atoms with Crippen LogP contribution in [0.4, 0.5) is 0 Å². The lowest BCUT2D eigenvalue weighted by Gasteiger charge is -2.33. The molecule has 0 N–H and O–H groups in total. The number of ether oxygens (including phenoxy) is 1. The quantitative estimate of drug-likeness (QED) is 0.560. The van der Waals surface area contributed by atoms with Crippen molar-refractivity contribution in [2.75, 3.05) is 19.7 Å². The van der Waals surface area contributed by atoms with Gasteiger partial charge in [0.1, 0.15) is 6.54 Å². The topological polar surface area (TPSA) is 38.8 Å². The van der Waals surface area contributed by atoms with Gasteiger partial charge in [-0.1, -0.05) is 0 Å². The van der Waals surface area contributed by atoms with Crippen LogP contribution in [0.1, 0.15) is 19.8 Å². The fourth-order valence-electron chi connectivity index (χ4n) is 1.69. The highest BCUT2D eigenvalue weighted by Crippen LogP contribution is 2.20. The van der Waals surface area contributed by atoms with E-state index < -0.39 is 8.32 Å². The maximum Gasteiger partial charge on any atom is 0.325 e. The third kappa shape index (κ3) is 5.26. The zero-order chi connectivity index (χ0) is 12.9. The van der Waals surface area contributed by atoms with Crippen LogP contribution < -0.4 is 0 Å². The number of carbonyl (C=O) groups is 1. The summed E-state index contributed by atoms with van der Waals surface area (Å²) in [7, 11) is -1.62. The van der Waals surface area contributed by atoms with Crippen LogP contribution in [0.2, 0.25) is 19.6 Å². The second kappa shape index (κ2) is 6.09. The summed E-state index contributed by atoms with van der Waals surface area (Å²) in [5.74, 6) is 0.683. The van der Waals surface area contributed by atoms with Gasteiger partial charge in [0.05, 0.1) is 6.61 Å². The minimum atomic E-state index is -1.62. The molecule has 1 rings (SSSR count). The number of allylic oxidation sites excluding steroid dienone is 1. The van der Waals surface area contributed by atoms with Crippen molar-refractivity contribution in [2.45, 2.75) is 39.4 Å². The molecule has 0 amide bonds. The van der Waals surface area contributed by atoms with Crippen LogP contribution in [0, 0.1) is 0 Å². The largest absolute Gasteiger partial charge is 0.533 e. The highest BCUT2D eigenvalue weighted by atomic mass is 28.4. The van der Waals surface area contributed by atoms with E-state index >= 15 is 0 Å². The smallest absolute Gasteiger partial charge is 0.325 e. The zero-order valence-electron chi connectivity index (χ0n) is 11.3. The fraction of sp³-hybridized carbons (Fsp3) is 0.750. The highest BCUT2D eigenvalue weighted by Gasteiger charge is 2.24. The van der Waals surface area contributed by atoms with Crippen LogP contribution in [-0.2, 0) is 14.0 Å². The van der Waals surface area contributed by atoms with E-state index in [9.17, 15) is 4.79 Å². The van der Waals surface area contributed by atoms with Crippen LogP contribution in [0.3, 0.4) is 0 Å². The van der Waals surface area contributed by atoms with Crippen LogP contribution in [0.25, 0.3) is 0 Å². The maximum atomic E-state index is 11.5. The molecule has 0 spiro atoms. The van der Waals surface area contributed by atoms with Gasteiger partial charge in [0.15, 0.2) is 5.88 Å². The third-order valence-corrected chi connectivity index (χ3v) is 3.12. The van der Waals surface area contributed by atoms with Gasteiger partial charge in [-0.2, -0.15) is 0 Å². The summed E-state index contributed by atoms with van der Waals surface area (Å²) in [6.07, 6.45) is 4.18. The van der Waals surface area contributed by atoms with E-state index in [0.717, 1.165) is 25.3 Å². The van der Waals surface area contributed by atoms with Crippen molar-refractivity contribution < 1.29 is 14.0 Å². The van der Waals surface area contributed by atoms with Crippen molar-refractivity contribution in [1.82, 2.24) is 4.90 Å². The van der Waals surface area contributed by atoms with Crippen molar-refractivity contribution in [3.8, 4) is 0 Å². The summed E-state index contributed by atoms with van der Waals surface area (Å²) in [6, 6.07) is 0. The van der Waals surface area contributed by atoms with Crippen molar-refractivity contribution in [3.63, 3.8) is 0 Å². The first-order chi connectivity index (χ1) is 7.92. The molecule has 5 heteroatoms. The number of esters is 1. The van der Waals surface area contributed by atoms with Gasteiger partial charge in [-0.3, -0.25) is 4.79 Å². The maximum absolute atomic E-state index is 11.5. The number of nitrogens with zero attached hydrogens (tertiary/aromatic N) is 1. The SMILES string of the molecule is CCOC(=O)CN1CCCC=C1O[Si](C)(C)C. The average Bonchev–Trinajstić information content (AvgIpc) is 2.19. The molecule has 0 unspecified atom stereocenters. The predicted molar refractivity (Wildman–Crippen MR) is 70.0 cm³/mol. The molecule has 1 aliphatic rings. The Hall–Kier alpha value is -0.973. The molecule has 1 aliphatic heterocycles. The Morgan fingerprint density at radius 2 is 2.18 bits per heavy atom. The molecule has 17 heavy (non-hydrogen) atoms. The number of hydrogen-bond donors (Lipinski definition) is 0. The van der Waals surface area contributed by atoms with Gasteiger partial charge in [0.25, 0.3) is 0 Å². The van der Waals surface area contributed by atoms with Crippen molar-refractivity contribution in [1.29, 1.82) is 0 Å². The highest BCUT2D eigenvalue weighted by molar-refractivity contribution is 6.70. The molecular weight excluding hydrogens is 234 g/mol. The van der Waals surface area contributed by atoms with E-state index in [4.69, 9.17) is 9.16 Å². The summed E-state index contributed by atoms with van der Waals surface area (Å²) in [5, 5.41) is 0. The Labute approximate surface area is 105 Å². The lowest BCUT2D eigenvalue weighted by molar-refractivity contribution is -0.144. The van der Waals surface area contributed by atoms with E-state index in [1.165, 1.54) is 0 Å². The van der Waals surface area contributed by atoms with Gasteiger partial charge >= 0.3 is 5.97 Å². The molecule has 0 aromatic carbocycles. The van der Waals surface area contributed by atoms with E-state index in [2.05, 4.69) is 25.7 Å². The Bertz CT molecular complexity index is 297. The standard InChI is InChI=1S/C12H23NO3Si/c1-5-15-12(14)10-13-9-7-6-8-11(13)16-17(2,3)4/h8H,5-7,9-10H2,1-4H3. The van der Waals surface area contributed by atoms with Crippen molar-refractivity contribution >= 4 is 14.3 Å². The van der Waals surface area contributed by atoms with E-state index in [0.29, 0.717) is 13.2 Å². The molecule has 0 aromatic rings. The van der Waals surface area contributed by atoms with Gasteiger partial charge in [0, 0.05) is 6.54 Å². The van der Waals surface area contributed by atoms with Crippen LogP contribution >= 0.6 is 0 Å². The summed E-state index contributed by atoms with van der Waals surface area (Å²) < 4.78 is 11.0. The average molecular weight is 257 g/mol. The van der Waals surface area contributed by atoms with Gasteiger partial charge < -0.3 is 14.1 Å². The summed E-state index contributed by atoms with van der Waals surface area (Å²) >= 11 is 0. The first-order valence-electron chi connectivity index (χ1n) is 6.22.